The molecule has 2 rings (SSSR count). The van der Waals surface area contributed by atoms with Crippen LogP contribution >= 0.6 is 0 Å². The second kappa shape index (κ2) is 6.17. The van der Waals surface area contributed by atoms with Gasteiger partial charge in [0.2, 0.25) is 0 Å². The van der Waals surface area contributed by atoms with Crippen molar-refractivity contribution in [3.05, 3.63) is 36.3 Å². The van der Waals surface area contributed by atoms with Crippen molar-refractivity contribution < 1.29 is 8.42 Å². The Morgan fingerprint density at radius 3 is 2.57 bits per heavy atom. The van der Waals surface area contributed by atoms with E-state index in [0.717, 1.165) is 0 Å². The lowest BCUT2D eigenvalue weighted by atomic mass is 10.2. The monoisotopic (exact) mass is 308 g/mol. The number of sulfonamides is 1. The first-order valence-corrected chi connectivity index (χ1v) is 8.35. The maximum Gasteiger partial charge on any atom is 0.281 e. The highest BCUT2D eigenvalue weighted by Gasteiger charge is 2.27. The highest BCUT2D eigenvalue weighted by molar-refractivity contribution is 7.92. The molecular formula is C14H20N4O2S. The Hall–Kier alpha value is -2.02. The van der Waals surface area contributed by atoms with Crippen LogP contribution in [0.4, 0.5) is 11.4 Å². The quantitative estimate of drug-likeness (QED) is 0.800. The molecule has 0 aliphatic rings. The van der Waals surface area contributed by atoms with Gasteiger partial charge in [-0.2, -0.15) is 8.42 Å². The molecule has 6 nitrogen and oxygen atoms in total. The van der Waals surface area contributed by atoms with E-state index in [1.54, 1.807) is 24.3 Å². The minimum absolute atomic E-state index is 0.0936. The molecule has 0 unspecified atom stereocenters. The van der Waals surface area contributed by atoms with E-state index in [-0.39, 0.29) is 5.03 Å². The highest BCUT2D eigenvalue weighted by Crippen LogP contribution is 2.28. The maximum absolute atomic E-state index is 12.8. The van der Waals surface area contributed by atoms with E-state index in [1.165, 1.54) is 10.5 Å². The minimum atomic E-state index is -3.69. The van der Waals surface area contributed by atoms with E-state index in [1.807, 2.05) is 13.8 Å². The number of hydrogen-bond donors (Lipinski definition) is 2. The zero-order chi connectivity index (χ0) is 15.5. The number of H-pyrrole nitrogens is 1. The fourth-order valence-corrected chi connectivity index (χ4v) is 3.58. The number of nitrogens with two attached hydrogens (primary N) is 1. The predicted octanol–water partition coefficient (Wildman–Crippen LogP) is 2.16. The summed E-state index contributed by atoms with van der Waals surface area (Å²) < 4.78 is 26.9. The van der Waals surface area contributed by atoms with Crippen LogP contribution in [0.2, 0.25) is 0 Å². The van der Waals surface area contributed by atoms with Gasteiger partial charge in [-0.05, 0) is 18.6 Å². The van der Waals surface area contributed by atoms with Crippen molar-refractivity contribution in [3.8, 4) is 0 Å². The predicted molar refractivity (Wildman–Crippen MR) is 83.6 cm³/mol. The Bertz CT molecular complexity index is 709. The van der Waals surface area contributed by atoms with Crippen molar-refractivity contribution in [3.63, 3.8) is 0 Å². The molecule has 3 N–H and O–H groups in total. The summed E-state index contributed by atoms with van der Waals surface area (Å²) in [5, 5.41) is 0.0936. The molecule has 1 heterocycles. The third-order valence-electron chi connectivity index (χ3n) is 3.14. The van der Waals surface area contributed by atoms with Gasteiger partial charge >= 0.3 is 0 Å². The van der Waals surface area contributed by atoms with E-state index in [2.05, 4.69) is 9.97 Å². The Balaban J connectivity index is 2.48. The van der Waals surface area contributed by atoms with Crippen molar-refractivity contribution in [1.29, 1.82) is 0 Å². The lowest BCUT2D eigenvalue weighted by Crippen LogP contribution is -2.32. The summed E-state index contributed by atoms with van der Waals surface area (Å²) in [6.45, 7) is 4.19. The lowest BCUT2D eigenvalue weighted by molar-refractivity contribution is 0.586. The topological polar surface area (TPSA) is 92.1 Å². The summed E-state index contributed by atoms with van der Waals surface area (Å²) in [5.41, 5.74) is 6.85. The number of anilines is 2. The van der Waals surface area contributed by atoms with Gasteiger partial charge in [0.05, 0.1) is 17.6 Å². The molecule has 1 aromatic carbocycles. The summed E-state index contributed by atoms with van der Waals surface area (Å²) in [6, 6.07) is 6.95. The van der Waals surface area contributed by atoms with Gasteiger partial charge in [-0.25, -0.2) is 4.98 Å². The fourth-order valence-electron chi connectivity index (χ4n) is 2.06. The number of imidazole rings is 1. The average molecular weight is 308 g/mol. The third kappa shape index (κ3) is 3.02. The normalized spacial score (nSPS) is 11.5. The smallest absolute Gasteiger partial charge is 0.281 e. The molecule has 114 valence electrons. The van der Waals surface area contributed by atoms with Gasteiger partial charge in [0, 0.05) is 13.0 Å². The largest absolute Gasteiger partial charge is 0.397 e. The molecule has 0 aliphatic heterocycles. The molecule has 0 bridgehead atoms. The first-order valence-electron chi connectivity index (χ1n) is 6.91. The van der Waals surface area contributed by atoms with Crippen LogP contribution in [-0.2, 0) is 16.4 Å². The van der Waals surface area contributed by atoms with Gasteiger partial charge in [0.1, 0.15) is 5.82 Å². The van der Waals surface area contributed by atoms with Crippen LogP contribution in [0.5, 0.6) is 0 Å². The van der Waals surface area contributed by atoms with E-state index < -0.39 is 10.0 Å². The van der Waals surface area contributed by atoms with Crippen LogP contribution < -0.4 is 10.0 Å². The van der Waals surface area contributed by atoms with Crippen molar-refractivity contribution >= 4 is 21.4 Å². The summed E-state index contributed by atoms with van der Waals surface area (Å²) in [6.07, 6.45) is 2.69. The number of benzene rings is 1. The Morgan fingerprint density at radius 1 is 1.29 bits per heavy atom. The van der Waals surface area contributed by atoms with E-state index in [4.69, 9.17) is 5.73 Å². The minimum Gasteiger partial charge on any atom is -0.397 e. The maximum atomic E-state index is 12.8. The molecule has 0 aliphatic carbocycles. The van der Waals surface area contributed by atoms with Gasteiger partial charge in [0.25, 0.3) is 10.0 Å². The fraction of sp³-hybridized carbons (Fsp3) is 0.357. The second-order valence-electron chi connectivity index (χ2n) is 4.68. The molecule has 21 heavy (non-hydrogen) atoms. The molecule has 1 aromatic heterocycles. The van der Waals surface area contributed by atoms with Crippen molar-refractivity contribution in [1.82, 2.24) is 9.97 Å². The third-order valence-corrected chi connectivity index (χ3v) is 4.86. The van der Waals surface area contributed by atoms with Crippen LogP contribution in [-0.4, -0.2) is 24.9 Å². The number of nitrogens with one attached hydrogen (secondary N) is 1. The Labute approximate surface area is 125 Å². The summed E-state index contributed by atoms with van der Waals surface area (Å²) in [5.74, 6) is 0.644. The Kier molecular flexibility index (Phi) is 4.52. The molecular weight excluding hydrogens is 288 g/mol. The summed E-state index contributed by atoms with van der Waals surface area (Å²) in [7, 11) is -3.69. The number of aromatic amines is 1. The number of aryl methyl sites for hydroxylation is 1. The lowest BCUT2D eigenvalue weighted by Gasteiger charge is -2.24. The first kappa shape index (κ1) is 15.4. The SMILES string of the molecule is CCCN(c1ccccc1N)S(=O)(=O)c1cnc(CC)[nH]1. The molecule has 0 radical (unpaired) electrons. The van der Waals surface area contributed by atoms with E-state index >= 15 is 0 Å². The number of aromatic nitrogens is 2. The standard InChI is InChI=1S/C14H20N4O2S/c1-3-9-18(12-8-6-5-7-11(12)15)21(19,20)14-10-16-13(4-2)17-14/h5-8,10H,3-4,9,15H2,1-2H3,(H,16,17). The zero-order valence-corrected chi connectivity index (χ0v) is 13.0. The van der Waals surface area contributed by atoms with E-state index in [0.29, 0.717) is 36.6 Å². The zero-order valence-electron chi connectivity index (χ0n) is 12.2. The number of para-hydroxylation sites is 2. The molecule has 7 heteroatoms. The van der Waals surface area contributed by atoms with Crippen molar-refractivity contribution in [2.45, 2.75) is 31.7 Å². The molecule has 0 atom stereocenters. The van der Waals surface area contributed by atoms with Gasteiger partial charge < -0.3 is 10.7 Å². The van der Waals surface area contributed by atoms with Gasteiger partial charge in [-0.3, -0.25) is 4.31 Å². The van der Waals surface area contributed by atoms with Crippen LogP contribution in [0.15, 0.2) is 35.5 Å². The van der Waals surface area contributed by atoms with Crippen LogP contribution in [0.1, 0.15) is 26.1 Å². The molecule has 0 fully saturated rings. The first-order chi connectivity index (χ1) is 10.0. The van der Waals surface area contributed by atoms with Gasteiger partial charge in [-0.1, -0.05) is 26.0 Å². The van der Waals surface area contributed by atoms with Gasteiger partial charge in [0.15, 0.2) is 5.03 Å². The molecule has 0 amide bonds. The molecule has 2 aromatic rings. The number of hydrogen-bond acceptors (Lipinski definition) is 4. The average Bonchev–Trinajstić information content (AvgIpc) is 2.95. The van der Waals surface area contributed by atoms with Crippen LogP contribution in [0.3, 0.4) is 0 Å². The second-order valence-corrected chi connectivity index (χ2v) is 6.51. The summed E-state index contributed by atoms with van der Waals surface area (Å²) >= 11 is 0. The number of nitrogen functional groups attached to an aromatic ring is 1. The highest BCUT2D eigenvalue weighted by atomic mass is 32.2. The van der Waals surface area contributed by atoms with E-state index in [9.17, 15) is 8.42 Å². The van der Waals surface area contributed by atoms with Crippen molar-refractivity contribution in [2.75, 3.05) is 16.6 Å². The molecule has 0 saturated carbocycles. The van der Waals surface area contributed by atoms with Crippen LogP contribution in [0, 0.1) is 0 Å². The van der Waals surface area contributed by atoms with Crippen LogP contribution in [0.25, 0.3) is 0 Å². The van der Waals surface area contributed by atoms with Gasteiger partial charge in [-0.15, -0.1) is 0 Å². The number of nitrogens with zero attached hydrogens (tertiary/aromatic N) is 2. The van der Waals surface area contributed by atoms with Crippen molar-refractivity contribution in [2.24, 2.45) is 0 Å². The molecule has 0 saturated heterocycles. The summed E-state index contributed by atoms with van der Waals surface area (Å²) in [4.78, 5) is 6.92. The molecule has 0 spiro atoms. The number of rotatable bonds is 6. The Morgan fingerprint density at radius 2 is 2.00 bits per heavy atom.